The zero-order valence-electron chi connectivity index (χ0n) is 13.5. The molecule has 2 amide bonds. The molecule has 26 heavy (non-hydrogen) atoms. The second-order valence-corrected chi connectivity index (χ2v) is 5.37. The van der Waals surface area contributed by atoms with Crippen LogP contribution in [0, 0.1) is 0 Å². The molecule has 9 heteroatoms. The summed E-state index contributed by atoms with van der Waals surface area (Å²) in [5.41, 5.74) is 0.634. The molecule has 4 N–H and O–H groups in total. The van der Waals surface area contributed by atoms with Crippen molar-refractivity contribution in [2.75, 3.05) is 11.9 Å². The third kappa shape index (κ3) is 3.73. The van der Waals surface area contributed by atoms with Crippen molar-refractivity contribution in [3.05, 3.63) is 60.6 Å². The van der Waals surface area contributed by atoms with Gasteiger partial charge in [-0.3, -0.25) is 9.59 Å². The molecule has 2 aromatic heterocycles. The van der Waals surface area contributed by atoms with E-state index in [1.165, 1.54) is 24.5 Å². The standard InChI is InChI=1S/C17H16N4O5/c22-10-13(17(25)19-15-5-8-26-20-15)18-16(24)12-9-11(3-4-14(12)23)21-6-1-2-7-21/h1-9,13,22-23H,10H2,(H,18,24)(H,19,20,25)/t13-/m0/s1. The number of nitrogens with zero attached hydrogens (tertiary/aromatic N) is 2. The lowest BCUT2D eigenvalue weighted by atomic mass is 10.1. The minimum atomic E-state index is -1.23. The molecular weight excluding hydrogens is 340 g/mol. The van der Waals surface area contributed by atoms with Crippen molar-refractivity contribution in [1.82, 2.24) is 15.0 Å². The van der Waals surface area contributed by atoms with Gasteiger partial charge >= 0.3 is 0 Å². The van der Waals surface area contributed by atoms with Crippen LogP contribution in [-0.4, -0.2) is 44.4 Å². The van der Waals surface area contributed by atoms with Crippen molar-refractivity contribution >= 4 is 17.6 Å². The number of amides is 2. The Labute approximate surface area is 147 Å². The van der Waals surface area contributed by atoms with E-state index in [0.29, 0.717) is 5.69 Å². The normalized spacial score (nSPS) is 11.7. The van der Waals surface area contributed by atoms with Crippen LogP contribution in [0.2, 0.25) is 0 Å². The van der Waals surface area contributed by atoms with Crippen LogP contribution in [-0.2, 0) is 4.79 Å². The molecule has 0 aliphatic heterocycles. The molecule has 0 bridgehead atoms. The first-order valence-corrected chi connectivity index (χ1v) is 7.68. The van der Waals surface area contributed by atoms with Gasteiger partial charge in [-0.15, -0.1) is 0 Å². The van der Waals surface area contributed by atoms with E-state index in [2.05, 4.69) is 20.3 Å². The summed E-state index contributed by atoms with van der Waals surface area (Å²) in [5.74, 6) is -1.46. The number of phenolic OH excluding ortho intramolecular Hbond substituents is 1. The highest BCUT2D eigenvalue weighted by molar-refractivity contribution is 6.02. The molecule has 2 heterocycles. The number of nitrogens with one attached hydrogen (secondary N) is 2. The molecule has 0 spiro atoms. The summed E-state index contributed by atoms with van der Waals surface area (Å²) in [6.07, 6.45) is 4.85. The Kier molecular flexibility index (Phi) is 4.99. The molecule has 9 nitrogen and oxygen atoms in total. The molecule has 1 aromatic carbocycles. The summed E-state index contributed by atoms with van der Waals surface area (Å²) in [5, 5.41) is 27.7. The number of aliphatic hydroxyl groups excluding tert-OH is 1. The minimum absolute atomic E-state index is 0.0242. The first-order valence-electron chi connectivity index (χ1n) is 7.68. The van der Waals surface area contributed by atoms with Gasteiger partial charge in [-0.1, -0.05) is 5.16 Å². The predicted octanol–water partition coefficient (Wildman–Crippen LogP) is 0.900. The predicted molar refractivity (Wildman–Crippen MR) is 90.9 cm³/mol. The Balaban J connectivity index is 1.75. The number of rotatable bonds is 6. The zero-order valence-corrected chi connectivity index (χ0v) is 13.5. The van der Waals surface area contributed by atoms with Gasteiger partial charge in [-0.2, -0.15) is 0 Å². The monoisotopic (exact) mass is 356 g/mol. The highest BCUT2D eigenvalue weighted by atomic mass is 16.5. The van der Waals surface area contributed by atoms with Crippen LogP contribution in [0.4, 0.5) is 5.82 Å². The van der Waals surface area contributed by atoms with Crippen LogP contribution in [0.3, 0.4) is 0 Å². The molecule has 0 radical (unpaired) electrons. The van der Waals surface area contributed by atoms with Crippen LogP contribution < -0.4 is 10.6 Å². The Morgan fingerprint density at radius 1 is 1.23 bits per heavy atom. The maximum atomic E-state index is 12.5. The summed E-state index contributed by atoms with van der Waals surface area (Å²) >= 11 is 0. The summed E-state index contributed by atoms with van der Waals surface area (Å²) in [6, 6.07) is 8.34. The third-order valence-electron chi connectivity index (χ3n) is 3.62. The summed E-state index contributed by atoms with van der Waals surface area (Å²) in [6.45, 7) is -0.631. The number of anilines is 1. The van der Waals surface area contributed by atoms with Crippen LogP contribution in [0.15, 0.2) is 59.6 Å². The van der Waals surface area contributed by atoms with E-state index in [-0.39, 0.29) is 17.1 Å². The molecule has 0 saturated carbocycles. The Hall–Kier alpha value is -3.59. The van der Waals surface area contributed by atoms with E-state index in [0.717, 1.165) is 0 Å². The van der Waals surface area contributed by atoms with Crippen LogP contribution in [0.25, 0.3) is 5.69 Å². The lowest BCUT2D eigenvalue weighted by molar-refractivity contribution is -0.118. The lowest BCUT2D eigenvalue weighted by Crippen LogP contribution is -2.46. The van der Waals surface area contributed by atoms with E-state index in [1.54, 1.807) is 23.0 Å². The van der Waals surface area contributed by atoms with Gasteiger partial charge < -0.3 is 29.9 Å². The van der Waals surface area contributed by atoms with Gasteiger partial charge in [0.1, 0.15) is 18.1 Å². The molecular formula is C17H16N4O5. The summed E-state index contributed by atoms with van der Waals surface area (Å²) in [4.78, 5) is 24.6. The molecule has 0 aliphatic carbocycles. The highest BCUT2D eigenvalue weighted by Gasteiger charge is 2.23. The van der Waals surface area contributed by atoms with Gasteiger partial charge in [0.15, 0.2) is 5.82 Å². The van der Waals surface area contributed by atoms with Crippen molar-refractivity contribution in [3.63, 3.8) is 0 Å². The van der Waals surface area contributed by atoms with Gasteiger partial charge in [-0.05, 0) is 30.3 Å². The molecule has 0 fully saturated rings. The van der Waals surface area contributed by atoms with Crippen LogP contribution in [0.5, 0.6) is 5.75 Å². The zero-order chi connectivity index (χ0) is 18.5. The molecule has 0 unspecified atom stereocenters. The highest BCUT2D eigenvalue weighted by Crippen LogP contribution is 2.21. The van der Waals surface area contributed by atoms with Crippen LogP contribution >= 0.6 is 0 Å². The smallest absolute Gasteiger partial charge is 0.255 e. The topological polar surface area (TPSA) is 130 Å². The molecule has 0 saturated heterocycles. The number of phenols is 1. The van der Waals surface area contributed by atoms with Crippen molar-refractivity contribution in [1.29, 1.82) is 0 Å². The molecule has 134 valence electrons. The number of aliphatic hydroxyl groups is 1. The SMILES string of the molecule is O=C(N[C@@H](CO)C(=O)Nc1ccon1)c1cc(-n2cccc2)ccc1O. The number of carbonyl (C=O) groups is 2. The Morgan fingerprint density at radius 3 is 2.65 bits per heavy atom. The van der Waals surface area contributed by atoms with Crippen molar-refractivity contribution < 1.29 is 24.3 Å². The minimum Gasteiger partial charge on any atom is -0.507 e. The average Bonchev–Trinajstić information content (AvgIpc) is 3.33. The van der Waals surface area contributed by atoms with E-state index in [9.17, 15) is 19.8 Å². The molecule has 3 rings (SSSR count). The Bertz CT molecular complexity index is 890. The van der Waals surface area contributed by atoms with Gasteiger partial charge in [0.2, 0.25) is 0 Å². The van der Waals surface area contributed by atoms with E-state index in [1.807, 2.05) is 12.1 Å². The third-order valence-corrected chi connectivity index (χ3v) is 3.62. The number of hydrogen-bond donors (Lipinski definition) is 4. The number of aromatic hydroxyl groups is 1. The average molecular weight is 356 g/mol. The van der Waals surface area contributed by atoms with E-state index >= 15 is 0 Å². The van der Waals surface area contributed by atoms with Crippen molar-refractivity contribution in [2.24, 2.45) is 0 Å². The van der Waals surface area contributed by atoms with Crippen molar-refractivity contribution in [3.8, 4) is 11.4 Å². The Morgan fingerprint density at radius 2 is 2.00 bits per heavy atom. The number of aromatic nitrogens is 2. The van der Waals surface area contributed by atoms with Gasteiger partial charge in [0, 0.05) is 24.1 Å². The van der Waals surface area contributed by atoms with Gasteiger partial charge in [0.25, 0.3) is 11.8 Å². The first kappa shape index (κ1) is 17.2. The maximum Gasteiger partial charge on any atom is 0.255 e. The fraction of sp³-hybridized carbons (Fsp3) is 0.118. The largest absolute Gasteiger partial charge is 0.507 e. The van der Waals surface area contributed by atoms with Gasteiger partial charge in [-0.25, -0.2) is 0 Å². The lowest BCUT2D eigenvalue weighted by Gasteiger charge is -2.16. The number of benzene rings is 1. The molecule has 0 aliphatic rings. The first-order chi connectivity index (χ1) is 12.6. The van der Waals surface area contributed by atoms with E-state index in [4.69, 9.17) is 0 Å². The fourth-order valence-electron chi connectivity index (χ4n) is 2.29. The summed E-state index contributed by atoms with van der Waals surface area (Å²) in [7, 11) is 0. The molecule has 3 aromatic rings. The summed E-state index contributed by atoms with van der Waals surface area (Å²) < 4.78 is 6.35. The quantitative estimate of drug-likeness (QED) is 0.519. The second-order valence-electron chi connectivity index (χ2n) is 5.37. The van der Waals surface area contributed by atoms with Crippen molar-refractivity contribution in [2.45, 2.75) is 6.04 Å². The number of hydrogen-bond acceptors (Lipinski definition) is 6. The van der Waals surface area contributed by atoms with Crippen LogP contribution in [0.1, 0.15) is 10.4 Å². The van der Waals surface area contributed by atoms with Gasteiger partial charge in [0.05, 0.1) is 12.2 Å². The second kappa shape index (κ2) is 7.53. The number of carbonyl (C=O) groups excluding carboxylic acids is 2. The fourth-order valence-corrected chi connectivity index (χ4v) is 2.29. The molecule has 1 atom stereocenters. The maximum absolute atomic E-state index is 12.5. The van der Waals surface area contributed by atoms with E-state index < -0.39 is 24.5 Å².